The van der Waals surface area contributed by atoms with Gasteiger partial charge in [-0.3, -0.25) is 13.9 Å². The lowest BCUT2D eigenvalue weighted by molar-refractivity contribution is -0.140. The van der Waals surface area contributed by atoms with Crippen LogP contribution in [0.5, 0.6) is 11.5 Å². The number of para-hydroxylation sites is 1. The van der Waals surface area contributed by atoms with Gasteiger partial charge in [-0.05, 0) is 54.8 Å². The molecule has 4 aromatic rings. The molecule has 1 N–H and O–H groups in total. The highest BCUT2D eigenvalue weighted by Gasteiger charge is 2.35. The summed E-state index contributed by atoms with van der Waals surface area (Å²) >= 11 is 6.56. The Morgan fingerprint density at radius 1 is 0.851 bits per heavy atom. The van der Waals surface area contributed by atoms with Gasteiger partial charge in [-0.15, -0.1) is 0 Å². The van der Waals surface area contributed by atoms with Crippen LogP contribution < -0.4 is 19.1 Å². The lowest BCUT2D eigenvalue weighted by Crippen LogP contribution is -2.54. The largest absolute Gasteiger partial charge is 0.493 e. The van der Waals surface area contributed by atoms with Crippen molar-refractivity contribution < 1.29 is 27.5 Å². The van der Waals surface area contributed by atoms with Gasteiger partial charge in [0.1, 0.15) is 12.6 Å². The Balaban J connectivity index is 1.82. The van der Waals surface area contributed by atoms with Crippen LogP contribution in [0, 0.1) is 0 Å². The average Bonchev–Trinajstić information content (AvgIpc) is 3.09. The number of hydrogen-bond donors (Lipinski definition) is 1. The molecule has 0 unspecified atom stereocenters. The zero-order chi connectivity index (χ0) is 34.0. The van der Waals surface area contributed by atoms with E-state index in [0.717, 1.165) is 9.87 Å². The number of carbonyl (C=O) groups excluding carboxylic acids is 2. The molecule has 47 heavy (non-hydrogen) atoms. The number of anilines is 1. The molecule has 0 aliphatic rings. The Labute approximate surface area is 282 Å². The molecule has 0 aliphatic heterocycles. The van der Waals surface area contributed by atoms with Crippen molar-refractivity contribution in [2.24, 2.45) is 0 Å². The minimum absolute atomic E-state index is 0.0248. The zero-order valence-corrected chi connectivity index (χ0v) is 28.5. The number of nitrogens with zero attached hydrogens (tertiary/aromatic N) is 2. The van der Waals surface area contributed by atoms with Gasteiger partial charge in [0.15, 0.2) is 11.5 Å². The van der Waals surface area contributed by atoms with Gasteiger partial charge in [0.25, 0.3) is 10.0 Å². The number of halogens is 1. The quantitative estimate of drug-likeness (QED) is 0.163. The van der Waals surface area contributed by atoms with Crippen molar-refractivity contribution in [2.45, 2.75) is 50.2 Å². The molecule has 0 heterocycles. The number of rotatable bonds is 15. The number of carbonyl (C=O) groups is 2. The molecule has 0 spiro atoms. The van der Waals surface area contributed by atoms with Crippen molar-refractivity contribution >= 4 is 39.1 Å². The van der Waals surface area contributed by atoms with Crippen LogP contribution in [-0.2, 0) is 32.6 Å². The number of ether oxygens (including phenoxy) is 2. The third-order valence-electron chi connectivity index (χ3n) is 7.84. The third kappa shape index (κ3) is 8.84. The average molecular weight is 678 g/mol. The maximum Gasteiger partial charge on any atom is 0.264 e. The van der Waals surface area contributed by atoms with E-state index in [9.17, 15) is 18.0 Å². The number of benzene rings is 4. The Morgan fingerprint density at radius 3 is 2.09 bits per heavy atom. The predicted molar refractivity (Wildman–Crippen MR) is 184 cm³/mol. The Kier molecular flexibility index (Phi) is 12.3. The smallest absolute Gasteiger partial charge is 0.264 e. The molecule has 0 bridgehead atoms. The molecular weight excluding hydrogens is 638 g/mol. The normalized spacial score (nSPS) is 12.4. The van der Waals surface area contributed by atoms with Gasteiger partial charge >= 0.3 is 0 Å². The van der Waals surface area contributed by atoms with Crippen molar-refractivity contribution in [1.29, 1.82) is 0 Å². The highest BCUT2D eigenvalue weighted by atomic mass is 35.5. The van der Waals surface area contributed by atoms with Crippen LogP contribution in [0.4, 0.5) is 5.69 Å². The fraction of sp³-hybridized carbons (Fsp3) is 0.278. The lowest BCUT2D eigenvalue weighted by Gasteiger charge is -2.34. The van der Waals surface area contributed by atoms with Gasteiger partial charge in [0.2, 0.25) is 11.8 Å². The first-order chi connectivity index (χ1) is 22.6. The first kappa shape index (κ1) is 35.3. The Morgan fingerprint density at radius 2 is 1.47 bits per heavy atom. The summed E-state index contributed by atoms with van der Waals surface area (Å²) in [6.45, 7) is 3.24. The molecule has 248 valence electrons. The molecule has 2 amide bonds. The van der Waals surface area contributed by atoms with Gasteiger partial charge < -0.3 is 19.7 Å². The number of sulfonamides is 1. The molecule has 4 rings (SSSR count). The van der Waals surface area contributed by atoms with Crippen molar-refractivity contribution in [3.8, 4) is 11.5 Å². The monoisotopic (exact) mass is 677 g/mol. The highest BCUT2D eigenvalue weighted by Crippen LogP contribution is 2.32. The van der Waals surface area contributed by atoms with E-state index in [-0.39, 0.29) is 41.2 Å². The summed E-state index contributed by atoms with van der Waals surface area (Å²) in [6.07, 6.45) is 0.890. The summed E-state index contributed by atoms with van der Waals surface area (Å²) < 4.78 is 40.3. The topological polar surface area (TPSA) is 105 Å². The number of nitrogens with one attached hydrogen (secondary N) is 1. The van der Waals surface area contributed by atoms with E-state index in [1.165, 1.54) is 37.3 Å². The summed E-state index contributed by atoms with van der Waals surface area (Å²) in [5.74, 6) is -0.357. The second kappa shape index (κ2) is 16.3. The van der Waals surface area contributed by atoms with Gasteiger partial charge in [-0.1, -0.05) is 85.3 Å². The van der Waals surface area contributed by atoms with Crippen LogP contribution >= 0.6 is 11.6 Å². The molecule has 0 radical (unpaired) electrons. The van der Waals surface area contributed by atoms with E-state index >= 15 is 0 Å². The van der Waals surface area contributed by atoms with Crippen LogP contribution in [0.3, 0.4) is 0 Å². The van der Waals surface area contributed by atoms with E-state index < -0.39 is 28.5 Å². The molecule has 9 nitrogen and oxygen atoms in total. The van der Waals surface area contributed by atoms with E-state index in [4.69, 9.17) is 21.1 Å². The fourth-order valence-corrected chi connectivity index (χ4v) is 6.66. The van der Waals surface area contributed by atoms with Gasteiger partial charge in [0, 0.05) is 30.1 Å². The van der Waals surface area contributed by atoms with E-state index in [2.05, 4.69) is 5.32 Å². The minimum Gasteiger partial charge on any atom is -0.493 e. The van der Waals surface area contributed by atoms with Crippen molar-refractivity contribution in [3.63, 3.8) is 0 Å². The molecule has 0 fully saturated rings. The van der Waals surface area contributed by atoms with Gasteiger partial charge in [-0.2, -0.15) is 0 Å². The Bertz CT molecular complexity index is 1760. The van der Waals surface area contributed by atoms with Gasteiger partial charge in [-0.25, -0.2) is 8.42 Å². The molecular formula is C36H40ClN3O6S. The maximum absolute atomic E-state index is 14.6. The second-order valence-corrected chi connectivity index (χ2v) is 13.3. The molecule has 2 atom stereocenters. The molecule has 0 aliphatic carbocycles. The molecule has 0 aromatic heterocycles. The standard InChI is InChI=1S/C36H40ClN3O6S/c1-5-26(2)38-36(42)32(22-27-14-8-6-9-15-27)39(24-28-16-12-13-19-31(28)37)35(41)25-40(29-17-10-7-11-18-29)47(43,44)30-20-21-33(45-3)34(23-30)46-4/h6-21,23,26,32H,5,22,24-25H2,1-4H3,(H,38,42)/t26-,32-/m0/s1. The minimum atomic E-state index is -4.33. The van der Waals surface area contributed by atoms with Crippen LogP contribution in [0.2, 0.25) is 5.02 Å². The summed E-state index contributed by atoms with van der Waals surface area (Å²) in [5.41, 5.74) is 1.73. The first-order valence-electron chi connectivity index (χ1n) is 15.3. The number of methoxy groups -OCH3 is 2. The molecule has 0 saturated carbocycles. The summed E-state index contributed by atoms with van der Waals surface area (Å²) in [4.78, 5) is 29.9. The van der Waals surface area contributed by atoms with Gasteiger partial charge in [0.05, 0.1) is 24.8 Å². The van der Waals surface area contributed by atoms with E-state index in [0.29, 0.717) is 22.8 Å². The van der Waals surface area contributed by atoms with E-state index in [1.807, 2.05) is 44.2 Å². The van der Waals surface area contributed by atoms with Crippen LogP contribution in [-0.4, -0.2) is 58.0 Å². The van der Waals surface area contributed by atoms with Crippen LogP contribution in [0.25, 0.3) is 0 Å². The second-order valence-electron chi connectivity index (χ2n) is 11.0. The fourth-order valence-electron chi connectivity index (χ4n) is 5.03. The zero-order valence-electron chi connectivity index (χ0n) is 26.9. The molecule has 11 heteroatoms. The highest BCUT2D eigenvalue weighted by molar-refractivity contribution is 7.92. The Hall–Kier alpha value is -4.54. The molecule has 4 aromatic carbocycles. The summed E-state index contributed by atoms with van der Waals surface area (Å²) in [5, 5.41) is 3.45. The maximum atomic E-state index is 14.6. The van der Waals surface area contributed by atoms with Crippen molar-refractivity contribution in [2.75, 3.05) is 25.1 Å². The number of amides is 2. The predicted octanol–water partition coefficient (Wildman–Crippen LogP) is 6.11. The lowest BCUT2D eigenvalue weighted by atomic mass is 10.0. The SMILES string of the molecule is CC[C@H](C)NC(=O)[C@H](Cc1ccccc1)N(Cc1ccccc1Cl)C(=O)CN(c1ccccc1)S(=O)(=O)c1ccc(OC)c(OC)c1. The first-order valence-corrected chi connectivity index (χ1v) is 17.1. The number of hydrogen-bond acceptors (Lipinski definition) is 6. The summed E-state index contributed by atoms with van der Waals surface area (Å²) in [7, 11) is -1.46. The van der Waals surface area contributed by atoms with Crippen LogP contribution in [0.15, 0.2) is 108 Å². The van der Waals surface area contributed by atoms with Crippen molar-refractivity contribution in [1.82, 2.24) is 10.2 Å². The van der Waals surface area contributed by atoms with E-state index in [1.54, 1.807) is 54.6 Å². The van der Waals surface area contributed by atoms with Crippen molar-refractivity contribution in [3.05, 3.63) is 119 Å². The summed E-state index contributed by atoms with van der Waals surface area (Å²) in [6, 6.07) is 27.9. The molecule has 0 saturated heterocycles. The third-order valence-corrected chi connectivity index (χ3v) is 9.98. The van der Waals surface area contributed by atoms with Crippen LogP contribution in [0.1, 0.15) is 31.4 Å².